The number of hydrogen-bond donors (Lipinski definition) is 1. The van der Waals surface area contributed by atoms with Crippen molar-refractivity contribution in [3.05, 3.63) is 42.0 Å². The Morgan fingerprint density at radius 2 is 1.95 bits per heavy atom. The lowest BCUT2D eigenvalue weighted by molar-refractivity contribution is -0.862. The maximum atomic E-state index is 11.8. The number of nitrogens with zero attached hydrogens (tertiary/aromatic N) is 2. The lowest BCUT2D eigenvalue weighted by atomic mass is 10.0. The molecule has 0 saturated carbocycles. The van der Waals surface area contributed by atoms with Crippen molar-refractivity contribution in [3.8, 4) is 5.75 Å². The lowest BCUT2D eigenvalue weighted by Gasteiger charge is -2.22. The second-order valence-corrected chi connectivity index (χ2v) is 6.14. The summed E-state index contributed by atoms with van der Waals surface area (Å²) in [4.78, 5) is 11.8. The molecule has 5 heteroatoms. The molecule has 0 unspecified atom stereocenters. The third kappa shape index (κ3) is 4.05. The number of benzene rings is 2. The van der Waals surface area contributed by atoms with Gasteiger partial charge >= 0.3 is 0 Å². The molecular formula is C17H22N3O2+. The number of nitrogens with one attached hydrogen (secondary N) is 1. The Morgan fingerprint density at radius 3 is 2.64 bits per heavy atom. The fraction of sp³-hybridized carbons (Fsp3) is 0.294. The van der Waals surface area contributed by atoms with Gasteiger partial charge in [0.1, 0.15) is 5.75 Å². The minimum atomic E-state index is -0.122. The smallest absolute Gasteiger partial charge is 0.295 e. The summed E-state index contributed by atoms with van der Waals surface area (Å²) in [5, 5.41) is 6.20. The van der Waals surface area contributed by atoms with E-state index in [1.54, 1.807) is 13.3 Å². The Bertz CT molecular complexity index is 703. The van der Waals surface area contributed by atoms with Crippen LogP contribution in [-0.4, -0.2) is 51.4 Å². The first-order valence-corrected chi connectivity index (χ1v) is 7.09. The Kier molecular flexibility index (Phi) is 4.78. The van der Waals surface area contributed by atoms with Gasteiger partial charge in [-0.1, -0.05) is 30.3 Å². The van der Waals surface area contributed by atoms with Crippen LogP contribution in [-0.2, 0) is 4.79 Å². The third-order valence-corrected chi connectivity index (χ3v) is 3.15. The van der Waals surface area contributed by atoms with E-state index in [2.05, 4.69) is 10.5 Å². The number of likely N-dealkylation sites (N-methyl/N-ethyl adjacent to an activating group) is 1. The average molecular weight is 300 g/mol. The molecule has 2 aromatic carbocycles. The highest BCUT2D eigenvalue weighted by Gasteiger charge is 2.13. The summed E-state index contributed by atoms with van der Waals surface area (Å²) in [5.41, 5.74) is 3.42. The van der Waals surface area contributed by atoms with E-state index in [0.29, 0.717) is 11.0 Å². The van der Waals surface area contributed by atoms with Gasteiger partial charge in [-0.2, -0.15) is 5.10 Å². The van der Waals surface area contributed by atoms with Crippen LogP contribution in [0.1, 0.15) is 5.56 Å². The highest BCUT2D eigenvalue weighted by atomic mass is 16.5. The molecule has 0 radical (unpaired) electrons. The predicted molar refractivity (Wildman–Crippen MR) is 89.1 cm³/mol. The summed E-state index contributed by atoms with van der Waals surface area (Å²) in [7, 11) is 7.49. The van der Waals surface area contributed by atoms with E-state index < -0.39 is 0 Å². The zero-order chi connectivity index (χ0) is 16.2. The maximum absolute atomic E-state index is 11.8. The highest BCUT2D eigenvalue weighted by molar-refractivity contribution is 6.02. The molecule has 0 fully saturated rings. The van der Waals surface area contributed by atoms with Gasteiger partial charge in [-0.3, -0.25) is 4.79 Å². The minimum absolute atomic E-state index is 0.122. The predicted octanol–water partition coefficient (Wildman–Crippen LogP) is 2.00. The summed E-state index contributed by atoms with van der Waals surface area (Å²) >= 11 is 0. The Hall–Kier alpha value is -2.40. The van der Waals surface area contributed by atoms with Gasteiger partial charge in [0.25, 0.3) is 5.91 Å². The van der Waals surface area contributed by atoms with Crippen LogP contribution in [0.25, 0.3) is 10.8 Å². The van der Waals surface area contributed by atoms with E-state index in [0.717, 1.165) is 22.1 Å². The summed E-state index contributed by atoms with van der Waals surface area (Å²) in [6.07, 6.45) is 1.63. The van der Waals surface area contributed by atoms with E-state index in [1.165, 1.54) is 0 Å². The molecule has 0 saturated heterocycles. The van der Waals surface area contributed by atoms with Gasteiger partial charge in [0.15, 0.2) is 6.54 Å². The second kappa shape index (κ2) is 6.58. The third-order valence-electron chi connectivity index (χ3n) is 3.15. The van der Waals surface area contributed by atoms with Crippen LogP contribution in [0.2, 0.25) is 0 Å². The minimum Gasteiger partial charge on any atom is -0.496 e. The van der Waals surface area contributed by atoms with Gasteiger partial charge in [0.05, 0.1) is 34.5 Å². The van der Waals surface area contributed by atoms with E-state index in [-0.39, 0.29) is 5.91 Å². The fourth-order valence-electron chi connectivity index (χ4n) is 2.22. The SMILES string of the molecule is COc1ccc2ccccc2c1C=NNC(=O)C[N+](C)(C)C. The molecule has 22 heavy (non-hydrogen) atoms. The Morgan fingerprint density at radius 1 is 1.23 bits per heavy atom. The molecule has 0 atom stereocenters. The monoisotopic (exact) mass is 300 g/mol. The molecule has 0 aliphatic carbocycles. The van der Waals surface area contributed by atoms with Crippen molar-refractivity contribution in [2.75, 3.05) is 34.8 Å². The summed E-state index contributed by atoms with van der Waals surface area (Å²) in [6, 6.07) is 11.9. The standard InChI is InChI=1S/C17H21N3O2/c1-20(2,3)12-17(21)19-18-11-15-14-8-6-5-7-13(14)9-10-16(15)22-4/h5-11H,12H2,1-4H3/p+1. The molecule has 0 aliphatic heterocycles. The van der Waals surface area contributed by atoms with Crippen LogP contribution in [0, 0.1) is 0 Å². The van der Waals surface area contributed by atoms with Crippen LogP contribution in [0.5, 0.6) is 5.75 Å². The van der Waals surface area contributed by atoms with Gasteiger partial charge < -0.3 is 9.22 Å². The topological polar surface area (TPSA) is 50.7 Å². The number of carbonyl (C=O) groups is 1. The van der Waals surface area contributed by atoms with Crippen molar-refractivity contribution in [2.45, 2.75) is 0 Å². The maximum Gasteiger partial charge on any atom is 0.295 e. The largest absolute Gasteiger partial charge is 0.496 e. The number of carbonyl (C=O) groups excluding carboxylic acids is 1. The highest BCUT2D eigenvalue weighted by Crippen LogP contribution is 2.26. The van der Waals surface area contributed by atoms with Crippen LogP contribution >= 0.6 is 0 Å². The average Bonchev–Trinajstić information content (AvgIpc) is 2.45. The number of fused-ring (bicyclic) bond motifs is 1. The van der Waals surface area contributed by atoms with Gasteiger partial charge in [0, 0.05) is 5.56 Å². The second-order valence-electron chi connectivity index (χ2n) is 6.14. The zero-order valence-electron chi connectivity index (χ0n) is 13.5. The Balaban J connectivity index is 2.23. The zero-order valence-corrected chi connectivity index (χ0v) is 13.5. The molecule has 2 rings (SSSR count). The van der Waals surface area contributed by atoms with Crippen molar-refractivity contribution < 1.29 is 14.0 Å². The molecule has 116 valence electrons. The molecule has 0 aliphatic rings. The van der Waals surface area contributed by atoms with Gasteiger partial charge in [-0.15, -0.1) is 0 Å². The number of methoxy groups -OCH3 is 1. The first-order valence-electron chi connectivity index (χ1n) is 7.09. The van der Waals surface area contributed by atoms with E-state index in [1.807, 2.05) is 57.5 Å². The number of ether oxygens (including phenoxy) is 1. The van der Waals surface area contributed by atoms with E-state index in [9.17, 15) is 4.79 Å². The van der Waals surface area contributed by atoms with Crippen molar-refractivity contribution >= 4 is 22.9 Å². The van der Waals surface area contributed by atoms with Crippen LogP contribution in [0.15, 0.2) is 41.5 Å². The quantitative estimate of drug-likeness (QED) is 0.522. The molecule has 1 amide bonds. The summed E-state index contributed by atoms with van der Waals surface area (Å²) in [5.74, 6) is 0.603. The molecule has 0 heterocycles. The van der Waals surface area contributed by atoms with Crippen LogP contribution in [0.4, 0.5) is 0 Å². The number of hydrogen-bond acceptors (Lipinski definition) is 3. The molecule has 5 nitrogen and oxygen atoms in total. The molecular weight excluding hydrogens is 278 g/mol. The van der Waals surface area contributed by atoms with Crippen LogP contribution in [0.3, 0.4) is 0 Å². The Labute approximate surface area is 130 Å². The van der Waals surface area contributed by atoms with Gasteiger partial charge in [0.2, 0.25) is 0 Å². The number of amides is 1. The van der Waals surface area contributed by atoms with E-state index in [4.69, 9.17) is 4.74 Å². The summed E-state index contributed by atoms with van der Waals surface area (Å²) in [6.45, 7) is 0.365. The molecule has 0 spiro atoms. The van der Waals surface area contributed by atoms with Crippen molar-refractivity contribution in [1.29, 1.82) is 0 Å². The normalized spacial score (nSPS) is 11.8. The first-order chi connectivity index (χ1) is 10.4. The number of hydrazone groups is 1. The summed E-state index contributed by atoms with van der Waals surface area (Å²) < 4.78 is 5.94. The van der Waals surface area contributed by atoms with Crippen LogP contribution < -0.4 is 10.2 Å². The number of quaternary nitrogens is 1. The molecule has 0 aromatic heterocycles. The lowest BCUT2D eigenvalue weighted by Crippen LogP contribution is -2.43. The van der Waals surface area contributed by atoms with E-state index >= 15 is 0 Å². The number of rotatable bonds is 5. The molecule has 0 bridgehead atoms. The van der Waals surface area contributed by atoms with Crippen molar-refractivity contribution in [1.82, 2.24) is 5.43 Å². The van der Waals surface area contributed by atoms with Crippen molar-refractivity contribution in [3.63, 3.8) is 0 Å². The molecule has 1 N–H and O–H groups in total. The fourth-order valence-corrected chi connectivity index (χ4v) is 2.22. The van der Waals surface area contributed by atoms with Gasteiger partial charge in [-0.05, 0) is 16.8 Å². The molecule has 2 aromatic rings. The first kappa shape index (κ1) is 16.0. The van der Waals surface area contributed by atoms with Crippen molar-refractivity contribution in [2.24, 2.45) is 5.10 Å². The van der Waals surface area contributed by atoms with Gasteiger partial charge in [-0.25, -0.2) is 5.43 Å².